The van der Waals surface area contributed by atoms with Crippen molar-refractivity contribution in [3.63, 3.8) is 0 Å². The minimum atomic E-state index is -4.26. The highest BCUT2D eigenvalue weighted by Gasteiger charge is 2.29. The Bertz CT molecular complexity index is 1710. The molecule has 11 nitrogen and oxygen atoms in total. The van der Waals surface area contributed by atoms with Gasteiger partial charge in [0.1, 0.15) is 21.4 Å². The number of fused-ring (bicyclic) bond motifs is 1. The van der Waals surface area contributed by atoms with E-state index in [1.807, 2.05) is 6.07 Å². The first-order chi connectivity index (χ1) is 18.9. The highest BCUT2D eigenvalue weighted by molar-refractivity contribution is 9.10. The predicted molar refractivity (Wildman–Crippen MR) is 155 cm³/mol. The van der Waals surface area contributed by atoms with Gasteiger partial charge in [0.25, 0.3) is 5.91 Å². The number of carbonyl (C=O) groups is 4. The summed E-state index contributed by atoms with van der Waals surface area (Å²) in [5.41, 5.74) is 0.872. The van der Waals surface area contributed by atoms with Crippen LogP contribution in [0.4, 0.5) is 5.00 Å². The fourth-order valence-electron chi connectivity index (χ4n) is 3.56. The molecule has 0 atom stereocenters. The summed E-state index contributed by atoms with van der Waals surface area (Å²) in [5.74, 6) is -3.10. The topological polar surface area (TPSA) is 150 Å². The Labute approximate surface area is 246 Å². The molecule has 0 aliphatic heterocycles. The summed E-state index contributed by atoms with van der Waals surface area (Å²) >= 11 is 5.30. The third kappa shape index (κ3) is 7.45. The maximum Gasteiger partial charge on any atom is 0.348 e. The van der Waals surface area contributed by atoms with Crippen molar-refractivity contribution in [1.29, 1.82) is 0 Å². The van der Waals surface area contributed by atoms with Gasteiger partial charge in [0.15, 0.2) is 14.6 Å². The first-order valence-corrected chi connectivity index (χ1v) is 15.9. The molecule has 0 aliphatic rings. The molecular formula is C25H24BrN3O8S3. The van der Waals surface area contributed by atoms with Crippen LogP contribution in [0, 0.1) is 19.3 Å². The second kappa shape index (κ2) is 13.4. The lowest BCUT2D eigenvalue weighted by Gasteiger charge is -2.07. The van der Waals surface area contributed by atoms with Crippen LogP contribution in [0.5, 0.6) is 0 Å². The molecule has 0 spiro atoms. The zero-order valence-corrected chi connectivity index (χ0v) is 25.6. The minimum Gasteiger partial charge on any atom is -0.462 e. The number of sulfone groups is 1. The third-order valence-electron chi connectivity index (χ3n) is 5.15. The third-order valence-corrected chi connectivity index (χ3v) is 9.26. The van der Waals surface area contributed by atoms with E-state index in [-0.39, 0.29) is 45.6 Å². The van der Waals surface area contributed by atoms with E-state index < -0.39 is 45.1 Å². The normalized spacial score (nSPS) is 11.7. The van der Waals surface area contributed by atoms with E-state index in [9.17, 15) is 27.6 Å². The molecule has 3 rings (SSSR count). The summed E-state index contributed by atoms with van der Waals surface area (Å²) in [6.45, 7) is 4.92. The smallest absolute Gasteiger partial charge is 0.348 e. The number of ether oxygens (including phenoxy) is 2. The highest BCUT2D eigenvalue weighted by Crippen LogP contribution is 2.34. The van der Waals surface area contributed by atoms with Gasteiger partial charge in [0.05, 0.1) is 35.5 Å². The molecule has 2 amide bonds. The summed E-state index contributed by atoms with van der Waals surface area (Å²) in [4.78, 5) is 54.3. The summed E-state index contributed by atoms with van der Waals surface area (Å²) in [7, 11) is -4.26. The Morgan fingerprint density at radius 2 is 1.77 bits per heavy atom. The number of hydrogen-bond acceptors (Lipinski definition) is 10. The maximum atomic E-state index is 12.7. The zero-order valence-electron chi connectivity index (χ0n) is 21.6. The number of thiophene rings is 1. The summed E-state index contributed by atoms with van der Waals surface area (Å²) in [6, 6.07) is 5.42. The average Bonchev–Trinajstić information content (AvgIpc) is 3.34. The number of esters is 2. The van der Waals surface area contributed by atoms with Gasteiger partial charge in [-0.25, -0.2) is 18.0 Å². The van der Waals surface area contributed by atoms with Gasteiger partial charge in [-0.3, -0.25) is 9.59 Å². The van der Waals surface area contributed by atoms with Crippen molar-refractivity contribution in [2.24, 2.45) is 4.99 Å². The molecule has 0 unspecified atom stereocenters. The monoisotopic (exact) mass is 669 g/mol. The van der Waals surface area contributed by atoms with Gasteiger partial charge >= 0.3 is 11.9 Å². The fourth-order valence-corrected chi connectivity index (χ4v) is 7.28. The molecule has 1 aromatic carbocycles. The number of carbonyl (C=O) groups excluding carboxylic acids is 4. The zero-order chi connectivity index (χ0) is 29.6. The number of amides is 2. The van der Waals surface area contributed by atoms with Gasteiger partial charge in [-0.05, 0) is 44.5 Å². The van der Waals surface area contributed by atoms with Crippen molar-refractivity contribution in [2.75, 3.05) is 30.0 Å². The fraction of sp³-hybridized carbons (Fsp3) is 0.320. The molecule has 0 saturated heterocycles. The van der Waals surface area contributed by atoms with Gasteiger partial charge < -0.3 is 19.4 Å². The number of aromatic nitrogens is 1. The lowest BCUT2D eigenvalue weighted by atomic mass is 10.1. The number of anilines is 1. The number of terminal acetylenes is 1. The van der Waals surface area contributed by atoms with Gasteiger partial charge in [-0.2, -0.15) is 4.99 Å². The molecule has 0 saturated carbocycles. The van der Waals surface area contributed by atoms with Crippen LogP contribution >= 0.6 is 38.6 Å². The van der Waals surface area contributed by atoms with Crippen LogP contribution in [0.25, 0.3) is 10.2 Å². The number of nitrogens with zero attached hydrogens (tertiary/aromatic N) is 2. The second-order valence-electron chi connectivity index (χ2n) is 8.07. The molecule has 2 heterocycles. The molecule has 0 radical (unpaired) electrons. The number of thiazole rings is 1. The summed E-state index contributed by atoms with van der Waals surface area (Å²) < 4.78 is 38.6. The number of nitrogens with one attached hydrogen (secondary N) is 1. The molecule has 3 aromatic rings. The Morgan fingerprint density at radius 3 is 2.42 bits per heavy atom. The van der Waals surface area contributed by atoms with Crippen LogP contribution in [0.2, 0.25) is 0 Å². The Morgan fingerprint density at radius 1 is 1.10 bits per heavy atom. The second-order valence-corrected chi connectivity index (χ2v) is 13.1. The Hall–Kier alpha value is -3.32. The maximum absolute atomic E-state index is 12.7. The largest absolute Gasteiger partial charge is 0.462 e. The van der Waals surface area contributed by atoms with Crippen molar-refractivity contribution in [3.05, 3.63) is 43.5 Å². The SMILES string of the molecule is C#CCn1c(=NC(=O)CS(=O)(=O)CC(=O)Nc2sc(C(=O)OCC)c(C)c2C(=O)OCC)sc2cc(Br)ccc21. The van der Waals surface area contributed by atoms with Crippen LogP contribution in [0.15, 0.2) is 27.7 Å². The van der Waals surface area contributed by atoms with E-state index in [1.165, 1.54) is 6.92 Å². The predicted octanol–water partition coefficient (Wildman–Crippen LogP) is 3.30. The van der Waals surface area contributed by atoms with Crippen LogP contribution < -0.4 is 10.1 Å². The first kappa shape index (κ1) is 31.2. The standard InChI is InChI=1S/C25H24BrN3O8S3/c1-5-10-29-16-9-8-15(26)11-17(16)38-25(29)28-19(31)13-40(34,35)12-18(30)27-22-20(23(32)36-6-2)14(4)21(39-22)24(33)37-7-3/h1,8-9,11H,6-7,10,12-13H2,2-4H3,(H,27,30). The van der Waals surface area contributed by atoms with Crippen LogP contribution in [0.3, 0.4) is 0 Å². The van der Waals surface area contributed by atoms with Crippen molar-refractivity contribution < 1.29 is 37.1 Å². The van der Waals surface area contributed by atoms with Gasteiger partial charge in [0.2, 0.25) is 5.91 Å². The molecule has 0 aliphatic carbocycles. The molecule has 1 N–H and O–H groups in total. The number of hydrogen-bond donors (Lipinski definition) is 1. The molecule has 0 fully saturated rings. The van der Waals surface area contributed by atoms with E-state index in [0.29, 0.717) is 0 Å². The Balaban J connectivity index is 1.82. The summed E-state index contributed by atoms with van der Waals surface area (Å²) in [6.07, 6.45) is 5.45. The van der Waals surface area contributed by atoms with Crippen molar-refractivity contribution in [3.8, 4) is 12.3 Å². The van der Waals surface area contributed by atoms with Crippen LogP contribution in [-0.2, 0) is 35.4 Å². The van der Waals surface area contributed by atoms with Crippen molar-refractivity contribution in [1.82, 2.24) is 4.57 Å². The minimum absolute atomic E-state index is 0.0364. The molecule has 2 aromatic heterocycles. The molecular weight excluding hydrogens is 646 g/mol. The number of rotatable bonds is 10. The van der Waals surface area contributed by atoms with E-state index in [0.717, 1.165) is 37.4 Å². The van der Waals surface area contributed by atoms with Crippen molar-refractivity contribution in [2.45, 2.75) is 27.3 Å². The van der Waals surface area contributed by atoms with E-state index in [1.54, 1.807) is 30.5 Å². The lowest BCUT2D eigenvalue weighted by molar-refractivity contribution is -0.115. The van der Waals surface area contributed by atoms with E-state index >= 15 is 0 Å². The Kier molecular flexibility index (Phi) is 10.4. The molecule has 212 valence electrons. The van der Waals surface area contributed by atoms with Crippen LogP contribution in [-0.4, -0.2) is 61.5 Å². The first-order valence-electron chi connectivity index (χ1n) is 11.7. The molecule has 0 bridgehead atoms. The van der Waals surface area contributed by atoms with Gasteiger partial charge in [-0.1, -0.05) is 33.2 Å². The lowest BCUT2D eigenvalue weighted by Crippen LogP contribution is -2.28. The molecule has 15 heteroatoms. The average molecular weight is 671 g/mol. The van der Waals surface area contributed by atoms with Crippen molar-refractivity contribution >= 4 is 87.4 Å². The quantitative estimate of drug-likeness (QED) is 0.255. The highest BCUT2D eigenvalue weighted by atomic mass is 79.9. The summed E-state index contributed by atoms with van der Waals surface area (Å²) in [5, 5.41) is 2.29. The molecule has 40 heavy (non-hydrogen) atoms. The van der Waals surface area contributed by atoms with Crippen LogP contribution in [0.1, 0.15) is 39.4 Å². The number of halogens is 1. The van der Waals surface area contributed by atoms with E-state index in [4.69, 9.17) is 15.9 Å². The van der Waals surface area contributed by atoms with Gasteiger partial charge in [-0.15, -0.1) is 17.8 Å². The van der Waals surface area contributed by atoms with E-state index in [2.05, 4.69) is 32.2 Å². The van der Waals surface area contributed by atoms with Gasteiger partial charge in [0, 0.05) is 4.47 Å². The number of benzene rings is 1.